The van der Waals surface area contributed by atoms with Crippen molar-refractivity contribution in [1.82, 2.24) is 10.2 Å². The Morgan fingerprint density at radius 1 is 1.29 bits per heavy atom. The molecule has 1 aliphatic heterocycles. The average molecular weight is 210 g/mol. The van der Waals surface area contributed by atoms with E-state index in [9.17, 15) is 13.2 Å². The number of nitrogens with zero attached hydrogens (tertiary/aromatic N) is 1. The number of hydrogen-bond acceptors (Lipinski definition) is 2. The van der Waals surface area contributed by atoms with Crippen LogP contribution in [0.2, 0.25) is 0 Å². The van der Waals surface area contributed by atoms with Gasteiger partial charge in [-0.15, -0.1) is 0 Å². The van der Waals surface area contributed by atoms with Crippen LogP contribution >= 0.6 is 0 Å². The molecule has 0 spiro atoms. The van der Waals surface area contributed by atoms with Crippen LogP contribution in [0.4, 0.5) is 13.2 Å². The molecule has 1 saturated heterocycles. The third-order valence-corrected chi connectivity index (χ3v) is 3.08. The van der Waals surface area contributed by atoms with Crippen molar-refractivity contribution in [2.75, 3.05) is 20.1 Å². The van der Waals surface area contributed by atoms with Crippen molar-refractivity contribution < 1.29 is 13.2 Å². The van der Waals surface area contributed by atoms with Gasteiger partial charge in [-0.1, -0.05) is 0 Å². The second-order valence-electron chi connectivity index (χ2n) is 4.28. The molecule has 2 nitrogen and oxygen atoms in total. The average Bonchev–Trinajstić information content (AvgIpc) is 2.49. The van der Waals surface area contributed by atoms with Gasteiger partial charge in [0.25, 0.3) is 0 Å². The Kier molecular flexibility index (Phi) is 3.11. The largest absolute Gasteiger partial charge is 0.406 e. The van der Waals surface area contributed by atoms with Crippen LogP contribution < -0.4 is 5.32 Å². The highest BCUT2D eigenvalue weighted by Crippen LogP contribution is 2.36. The third-order valence-electron chi connectivity index (χ3n) is 3.08. The summed E-state index contributed by atoms with van der Waals surface area (Å²) in [6.45, 7) is 3.47. The van der Waals surface area contributed by atoms with Crippen molar-refractivity contribution in [2.24, 2.45) is 0 Å². The predicted octanol–water partition coefficient (Wildman–Crippen LogP) is 1.62. The molecule has 0 saturated carbocycles. The van der Waals surface area contributed by atoms with Gasteiger partial charge in [0.15, 0.2) is 0 Å². The maximum atomic E-state index is 12.7. The van der Waals surface area contributed by atoms with Crippen molar-refractivity contribution in [3.63, 3.8) is 0 Å². The van der Waals surface area contributed by atoms with Gasteiger partial charge >= 0.3 is 6.18 Å². The van der Waals surface area contributed by atoms with Crippen molar-refractivity contribution in [1.29, 1.82) is 0 Å². The molecule has 1 fully saturated rings. The van der Waals surface area contributed by atoms with Crippen LogP contribution in [0.1, 0.15) is 20.3 Å². The first kappa shape index (κ1) is 11.8. The lowest BCUT2D eigenvalue weighted by Gasteiger charge is -2.37. The lowest BCUT2D eigenvalue weighted by molar-refractivity contribution is -0.217. The molecule has 0 amide bonds. The van der Waals surface area contributed by atoms with Crippen LogP contribution in [0.5, 0.6) is 0 Å². The quantitative estimate of drug-likeness (QED) is 0.745. The Balaban J connectivity index is 2.66. The van der Waals surface area contributed by atoms with E-state index in [2.05, 4.69) is 5.32 Å². The van der Waals surface area contributed by atoms with E-state index >= 15 is 0 Å². The number of hydrogen-bond donors (Lipinski definition) is 1. The van der Waals surface area contributed by atoms with Gasteiger partial charge in [-0.25, -0.2) is 0 Å². The molecule has 84 valence electrons. The molecule has 14 heavy (non-hydrogen) atoms. The second kappa shape index (κ2) is 3.70. The normalized spacial score (nSPS) is 25.7. The summed E-state index contributed by atoms with van der Waals surface area (Å²) in [5.41, 5.74) is -1.71. The Bertz CT molecular complexity index is 201. The van der Waals surface area contributed by atoms with Gasteiger partial charge in [0, 0.05) is 19.1 Å². The van der Waals surface area contributed by atoms with Crippen LogP contribution in [0.15, 0.2) is 0 Å². The SMILES string of the molecule is CNC1CCN(C(C)(C)C(F)(F)F)C1. The van der Waals surface area contributed by atoms with Crippen molar-refractivity contribution >= 4 is 0 Å². The molecule has 0 bridgehead atoms. The van der Waals surface area contributed by atoms with Crippen molar-refractivity contribution in [3.05, 3.63) is 0 Å². The Morgan fingerprint density at radius 2 is 1.86 bits per heavy atom. The molecule has 0 aromatic carbocycles. The molecule has 1 heterocycles. The minimum atomic E-state index is -4.16. The first-order chi connectivity index (χ1) is 6.29. The van der Waals surface area contributed by atoms with Gasteiger partial charge in [0.05, 0.1) is 0 Å². The molecule has 0 aliphatic carbocycles. The fourth-order valence-electron chi connectivity index (χ4n) is 1.68. The van der Waals surface area contributed by atoms with Gasteiger partial charge in [-0.05, 0) is 27.3 Å². The van der Waals surface area contributed by atoms with E-state index in [0.717, 1.165) is 6.42 Å². The molecule has 0 aromatic heterocycles. The zero-order valence-electron chi connectivity index (χ0n) is 8.78. The lowest BCUT2D eigenvalue weighted by Crippen LogP contribution is -2.54. The number of likely N-dealkylation sites (N-methyl/N-ethyl adjacent to an activating group) is 1. The first-order valence-electron chi connectivity index (χ1n) is 4.78. The van der Waals surface area contributed by atoms with Gasteiger partial charge in [-0.2, -0.15) is 13.2 Å². The first-order valence-corrected chi connectivity index (χ1v) is 4.78. The van der Waals surface area contributed by atoms with E-state index in [-0.39, 0.29) is 6.04 Å². The van der Waals surface area contributed by atoms with E-state index in [1.807, 2.05) is 0 Å². The number of nitrogens with one attached hydrogen (secondary N) is 1. The van der Waals surface area contributed by atoms with Gasteiger partial charge < -0.3 is 5.32 Å². The van der Waals surface area contributed by atoms with Crippen LogP contribution in [-0.2, 0) is 0 Å². The minimum absolute atomic E-state index is 0.191. The summed E-state index contributed by atoms with van der Waals surface area (Å²) < 4.78 is 38.0. The fraction of sp³-hybridized carbons (Fsp3) is 1.00. The van der Waals surface area contributed by atoms with Crippen LogP contribution in [0, 0.1) is 0 Å². The molecule has 1 atom stereocenters. The van der Waals surface area contributed by atoms with E-state index in [0.29, 0.717) is 13.1 Å². The van der Waals surface area contributed by atoms with E-state index < -0.39 is 11.7 Å². The predicted molar refractivity (Wildman–Crippen MR) is 49.2 cm³/mol. The third kappa shape index (κ3) is 2.03. The molecular weight excluding hydrogens is 193 g/mol. The number of alkyl halides is 3. The zero-order chi connectivity index (χ0) is 11.0. The molecule has 5 heteroatoms. The summed E-state index contributed by atoms with van der Waals surface area (Å²) in [6, 6.07) is 0.191. The molecular formula is C9H17F3N2. The highest BCUT2D eigenvalue weighted by molar-refractivity contribution is 4.94. The summed E-state index contributed by atoms with van der Waals surface area (Å²) in [7, 11) is 1.79. The van der Waals surface area contributed by atoms with Crippen molar-refractivity contribution in [2.45, 2.75) is 38.0 Å². The van der Waals surface area contributed by atoms with Gasteiger partial charge in [-0.3, -0.25) is 4.90 Å². The summed E-state index contributed by atoms with van der Waals surface area (Å²) in [4.78, 5) is 1.49. The van der Waals surface area contributed by atoms with Crippen LogP contribution in [0.25, 0.3) is 0 Å². The van der Waals surface area contributed by atoms with Crippen LogP contribution in [-0.4, -0.2) is 42.8 Å². The summed E-state index contributed by atoms with van der Waals surface area (Å²) in [5, 5.41) is 3.01. The maximum absolute atomic E-state index is 12.7. The smallest absolute Gasteiger partial charge is 0.316 e. The molecule has 0 radical (unpaired) electrons. The standard InChI is InChI=1S/C9H17F3N2/c1-8(2,9(10,11)12)14-5-4-7(6-14)13-3/h7,13H,4-6H2,1-3H3. The van der Waals surface area contributed by atoms with E-state index in [4.69, 9.17) is 0 Å². The van der Waals surface area contributed by atoms with Gasteiger partial charge in [0.2, 0.25) is 0 Å². The summed E-state index contributed by atoms with van der Waals surface area (Å²) >= 11 is 0. The number of likely N-dealkylation sites (tertiary alicyclic amines) is 1. The Morgan fingerprint density at radius 3 is 2.21 bits per heavy atom. The maximum Gasteiger partial charge on any atom is 0.406 e. The highest BCUT2D eigenvalue weighted by atomic mass is 19.4. The van der Waals surface area contributed by atoms with Crippen molar-refractivity contribution in [3.8, 4) is 0 Å². The van der Waals surface area contributed by atoms with E-state index in [1.54, 1.807) is 7.05 Å². The minimum Gasteiger partial charge on any atom is -0.316 e. The molecule has 1 rings (SSSR count). The lowest BCUT2D eigenvalue weighted by atomic mass is 10.0. The fourth-order valence-corrected chi connectivity index (χ4v) is 1.68. The van der Waals surface area contributed by atoms with E-state index in [1.165, 1.54) is 18.7 Å². The molecule has 1 unspecified atom stereocenters. The highest BCUT2D eigenvalue weighted by Gasteiger charge is 2.52. The number of rotatable bonds is 2. The topological polar surface area (TPSA) is 15.3 Å². The molecule has 0 aromatic rings. The summed E-state index contributed by atoms with van der Waals surface area (Å²) in [6.07, 6.45) is -3.37. The number of halogens is 3. The Hall–Kier alpha value is -0.290. The summed E-state index contributed by atoms with van der Waals surface area (Å²) in [5.74, 6) is 0. The molecule has 1 aliphatic rings. The zero-order valence-corrected chi connectivity index (χ0v) is 8.78. The second-order valence-corrected chi connectivity index (χ2v) is 4.28. The van der Waals surface area contributed by atoms with Gasteiger partial charge in [0.1, 0.15) is 5.54 Å². The monoisotopic (exact) mass is 210 g/mol. The van der Waals surface area contributed by atoms with Crippen LogP contribution in [0.3, 0.4) is 0 Å². The molecule has 1 N–H and O–H groups in total. The Labute approximate surface area is 82.5 Å².